The van der Waals surface area contributed by atoms with E-state index < -0.39 is 0 Å². The molecule has 0 heterocycles. The van der Waals surface area contributed by atoms with Gasteiger partial charge in [-0.25, -0.2) is 0 Å². The standard InChI is InChI=1S/C15H24O3S3/c1-10(19)7-16-13-4-14(17-8-11(2)20)6-15(5-13)18-9-12(3)21/h4-6,10-12,19-21H,7-9H2,1-3H3. The lowest BCUT2D eigenvalue weighted by Gasteiger charge is -2.15. The molecule has 0 bridgehead atoms. The van der Waals surface area contributed by atoms with Crippen molar-refractivity contribution < 1.29 is 14.2 Å². The first-order valence-corrected chi connectivity index (χ1v) is 8.49. The molecule has 3 unspecified atom stereocenters. The zero-order valence-corrected chi connectivity index (χ0v) is 15.3. The summed E-state index contributed by atoms with van der Waals surface area (Å²) in [4.78, 5) is 0. The van der Waals surface area contributed by atoms with Crippen LogP contribution in [0.2, 0.25) is 0 Å². The highest BCUT2D eigenvalue weighted by molar-refractivity contribution is 7.81. The summed E-state index contributed by atoms with van der Waals surface area (Å²) in [6, 6.07) is 5.55. The highest BCUT2D eigenvalue weighted by Gasteiger charge is 2.07. The van der Waals surface area contributed by atoms with Crippen LogP contribution in [0.15, 0.2) is 18.2 Å². The van der Waals surface area contributed by atoms with Crippen LogP contribution in [-0.2, 0) is 0 Å². The van der Waals surface area contributed by atoms with Gasteiger partial charge in [0.25, 0.3) is 0 Å². The van der Waals surface area contributed by atoms with E-state index in [4.69, 9.17) is 14.2 Å². The van der Waals surface area contributed by atoms with Gasteiger partial charge >= 0.3 is 0 Å². The Morgan fingerprint density at radius 2 is 0.905 bits per heavy atom. The van der Waals surface area contributed by atoms with E-state index in [1.165, 1.54) is 0 Å². The van der Waals surface area contributed by atoms with E-state index in [1.54, 1.807) is 0 Å². The molecule has 0 fully saturated rings. The predicted octanol–water partition coefficient (Wildman–Crippen LogP) is 3.78. The third-order valence-electron chi connectivity index (χ3n) is 2.33. The molecule has 3 atom stereocenters. The molecule has 6 heteroatoms. The van der Waals surface area contributed by atoms with E-state index >= 15 is 0 Å². The molecule has 0 spiro atoms. The fourth-order valence-corrected chi connectivity index (χ4v) is 1.67. The summed E-state index contributed by atoms with van der Waals surface area (Å²) in [5, 5.41) is 0.483. The fourth-order valence-electron chi connectivity index (χ4n) is 1.45. The zero-order valence-electron chi connectivity index (χ0n) is 12.7. The summed E-state index contributed by atoms with van der Waals surface area (Å²) >= 11 is 12.9. The summed E-state index contributed by atoms with van der Waals surface area (Å²) < 4.78 is 17.1. The van der Waals surface area contributed by atoms with Crippen LogP contribution in [0.4, 0.5) is 0 Å². The van der Waals surface area contributed by atoms with Gasteiger partial charge in [-0.2, -0.15) is 37.9 Å². The third kappa shape index (κ3) is 8.63. The molecule has 21 heavy (non-hydrogen) atoms. The number of hydrogen-bond donors (Lipinski definition) is 3. The van der Waals surface area contributed by atoms with E-state index in [-0.39, 0.29) is 15.7 Å². The van der Waals surface area contributed by atoms with Gasteiger partial charge in [0.2, 0.25) is 0 Å². The van der Waals surface area contributed by atoms with Crippen molar-refractivity contribution in [1.82, 2.24) is 0 Å². The fraction of sp³-hybridized carbons (Fsp3) is 0.600. The first-order chi connectivity index (χ1) is 9.86. The normalized spacial score (nSPS) is 15.1. The minimum Gasteiger partial charge on any atom is -0.492 e. The number of ether oxygens (including phenoxy) is 3. The molecule has 0 saturated carbocycles. The molecule has 0 aliphatic heterocycles. The highest BCUT2D eigenvalue weighted by atomic mass is 32.1. The Morgan fingerprint density at radius 1 is 0.667 bits per heavy atom. The Kier molecular flexibility index (Phi) is 8.59. The van der Waals surface area contributed by atoms with Crippen molar-refractivity contribution in [1.29, 1.82) is 0 Å². The molecule has 0 aliphatic rings. The minimum atomic E-state index is 0.161. The van der Waals surface area contributed by atoms with Crippen LogP contribution < -0.4 is 14.2 Å². The van der Waals surface area contributed by atoms with Crippen molar-refractivity contribution in [3.63, 3.8) is 0 Å². The van der Waals surface area contributed by atoms with E-state index in [2.05, 4.69) is 37.9 Å². The summed E-state index contributed by atoms with van der Waals surface area (Å²) in [6.07, 6.45) is 0. The van der Waals surface area contributed by atoms with Gasteiger partial charge in [-0.1, -0.05) is 20.8 Å². The smallest absolute Gasteiger partial charge is 0.126 e. The Balaban J connectivity index is 2.79. The van der Waals surface area contributed by atoms with Crippen molar-refractivity contribution in [2.45, 2.75) is 36.5 Å². The average Bonchev–Trinajstić information content (AvgIpc) is 2.40. The van der Waals surface area contributed by atoms with E-state index in [0.29, 0.717) is 37.1 Å². The Morgan fingerprint density at radius 3 is 1.10 bits per heavy atom. The number of thiol groups is 3. The van der Waals surface area contributed by atoms with Crippen LogP contribution in [-0.4, -0.2) is 35.6 Å². The molecule has 0 N–H and O–H groups in total. The number of rotatable bonds is 9. The van der Waals surface area contributed by atoms with Crippen molar-refractivity contribution in [2.75, 3.05) is 19.8 Å². The lowest BCUT2D eigenvalue weighted by molar-refractivity contribution is 0.291. The van der Waals surface area contributed by atoms with Gasteiger partial charge in [-0.15, -0.1) is 0 Å². The molecular weight excluding hydrogens is 324 g/mol. The summed E-state index contributed by atoms with van der Waals surface area (Å²) in [7, 11) is 0. The summed E-state index contributed by atoms with van der Waals surface area (Å²) in [6.45, 7) is 7.51. The van der Waals surface area contributed by atoms with Crippen LogP contribution >= 0.6 is 37.9 Å². The van der Waals surface area contributed by atoms with Gasteiger partial charge in [0.1, 0.15) is 17.2 Å². The van der Waals surface area contributed by atoms with E-state index in [1.807, 2.05) is 39.0 Å². The van der Waals surface area contributed by atoms with Crippen LogP contribution in [0.3, 0.4) is 0 Å². The second-order valence-electron chi connectivity index (χ2n) is 5.12. The molecule has 0 saturated heterocycles. The van der Waals surface area contributed by atoms with Gasteiger partial charge in [0, 0.05) is 33.9 Å². The zero-order chi connectivity index (χ0) is 15.8. The molecule has 1 aromatic rings. The monoisotopic (exact) mass is 348 g/mol. The van der Waals surface area contributed by atoms with Gasteiger partial charge in [-0.3, -0.25) is 0 Å². The quantitative estimate of drug-likeness (QED) is 0.593. The average molecular weight is 349 g/mol. The molecule has 0 amide bonds. The topological polar surface area (TPSA) is 27.7 Å². The second kappa shape index (κ2) is 9.64. The molecule has 0 aliphatic carbocycles. The molecule has 1 aromatic carbocycles. The van der Waals surface area contributed by atoms with Crippen molar-refractivity contribution in [3.8, 4) is 17.2 Å². The predicted molar refractivity (Wildman–Crippen MR) is 98.3 cm³/mol. The molecule has 1 rings (SSSR count). The van der Waals surface area contributed by atoms with Crippen LogP contribution in [0, 0.1) is 0 Å². The number of benzene rings is 1. The van der Waals surface area contributed by atoms with Gasteiger partial charge in [0.15, 0.2) is 0 Å². The summed E-state index contributed by atoms with van der Waals surface area (Å²) in [5.41, 5.74) is 0. The Hall–Kier alpha value is -0.330. The van der Waals surface area contributed by atoms with Crippen LogP contribution in [0.5, 0.6) is 17.2 Å². The lowest BCUT2D eigenvalue weighted by Crippen LogP contribution is -2.11. The summed E-state index contributed by atoms with van der Waals surface area (Å²) in [5.74, 6) is 2.13. The van der Waals surface area contributed by atoms with Crippen LogP contribution in [0.1, 0.15) is 20.8 Å². The van der Waals surface area contributed by atoms with Gasteiger partial charge in [-0.05, 0) is 0 Å². The van der Waals surface area contributed by atoms with E-state index in [0.717, 1.165) is 0 Å². The lowest BCUT2D eigenvalue weighted by atomic mass is 10.3. The molecule has 0 radical (unpaired) electrons. The van der Waals surface area contributed by atoms with Crippen LogP contribution in [0.25, 0.3) is 0 Å². The van der Waals surface area contributed by atoms with Gasteiger partial charge in [0.05, 0.1) is 19.8 Å². The van der Waals surface area contributed by atoms with Crippen molar-refractivity contribution >= 4 is 37.9 Å². The first kappa shape index (κ1) is 18.7. The van der Waals surface area contributed by atoms with Crippen molar-refractivity contribution in [2.24, 2.45) is 0 Å². The number of hydrogen-bond acceptors (Lipinski definition) is 6. The maximum absolute atomic E-state index is 5.69. The maximum Gasteiger partial charge on any atom is 0.126 e. The first-order valence-electron chi connectivity index (χ1n) is 6.94. The van der Waals surface area contributed by atoms with Gasteiger partial charge < -0.3 is 14.2 Å². The molecule has 120 valence electrons. The maximum atomic E-state index is 5.69. The largest absolute Gasteiger partial charge is 0.492 e. The van der Waals surface area contributed by atoms with Crippen molar-refractivity contribution in [3.05, 3.63) is 18.2 Å². The molecular formula is C15H24O3S3. The van der Waals surface area contributed by atoms with E-state index in [9.17, 15) is 0 Å². The molecule has 0 aromatic heterocycles. The molecule has 3 nitrogen and oxygen atoms in total. The second-order valence-corrected chi connectivity index (χ2v) is 7.76. The SMILES string of the molecule is CC(S)COc1cc(OCC(C)S)cc(OCC(C)S)c1. The third-order valence-corrected chi connectivity index (χ3v) is 2.77. The highest BCUT2D eigenvalue weighted by Crippen LogP contribution is 2.28. The Bertz CT molecular complexity index is 348. The Labute approximate surface area is 144 Å². The minimum absolute atomic E-state index is 0.161.